The van der Waals surface area contributed by atoms with Crippen molar-refractivity contribution in [2.45, 2.75) is 37.4 Å². The first-order valence-electron chi connectivity index (χ1n) is 11.4. The van der Waals surface area contributed by atoms with Crippen LogP contribution in [0.5, 0.6) is 11.5 Å². The van der Waals surface area contributed by atoms with Gasteiger partial charge in [0.25, 0.3) is 0 Å². The van der Waals surface area contributed by atoms with Crippen LogP contribution in [0.3, 0.4) is 0 Å². The molecule has 11 nitrogen and oxygen atoms in total. The lowest BCUT2D eigenvalue weighted by Gasteiger charge is -2.26. The van der Waals surface area contributed by atoms with Gasteiger partial charge in [-0.05, 0) is 45.0 Å². The molecule has 3 heterocycles. The van der Waals surface area contributed by atoms with E-state index in [1.54, 1.807) is 37.3 Å². The van der Waals surface area contributed by atoms with E-state index < -0.39 is 26.5 Å². The van der Waals surface area contributed by atoms with Crippen molar-refractivity contribution in [1.82, 2.24) is 24.7 Å². The van der Waals surface area contributed by atoms with E-state index >= 15 is 4.39 Å². The lowest BCUT2D eigenvalue weighted by Crippen LogP contribution is -2.39. The number of benzene rings is 1. The van der Waals surface area contributed by atoms with E-state index in [2.05, 4.69) is 20.2 Å². The van der Waals surface area contributed by atoms with Crippen LogP contribution in [0.1, 0.15) is 36.8 Å². The zero-order valence-corrected chi connectivity index (χ0v) is 22.2. The van der Waals surface area contributed by atoms with Gasteiger partial charge in [-0.25, -0.2) is 22.8 Å². The molecule has 0 amide bonds. The second kappa shape index (κ2) is 10.2. The molecular formula is C25H25FN6O5S. The first-order chi connectivity index (χ1) is 18.0. The summed E-state index contributed by atoms with van der Waals surface area (Å²) < 4.78 is 61.3. The van der Waals surface area contributed by atoms with Gasteiger partial charge in [0.1, 0.15) is 40.0 Å². The van der Waals surface area contributed by atoms with Crippen molar-refractivity contribution in [3.8, 4) is 34.8 Å². The number of sulfone groups is 1. The van der Waals surface area contributed by atoms with E-state index in [1.807, 2.05) is 6.07 Å². The van der Waals surface area contributed by atoms with Crippen LogP contribution < -0.4 is 9.47 Å². The minimum absolute atomic E-state index is 0.0137. The number of furan rings is 1. The van der Waals surface area contributed by atoms with Crippen LogP contribution in [-0.4, -0.2) is 52.6 Å². The number of halogens is 1. The number of alkyl halides is 1. The zero-order chi connectivity index (χ0) is 27.7. The third-order valence-corrected chi connectivity index (χ3v) is 8.35. The molecule has 0 aliphatic carbocycles. The van der Waals surface area contributed by atoms with E-state index in [4.69, 9.17) is 19.2 Å². The van der Waals surface area contributed by atoms with E-state index in [0.29, 0.717) is 28.7 Å². The van der Waals surface area contributed by atoms with E-state index in [0.717, 1.165) is 19.3 Å². The van der Waals surface area contributed by atoms with Crippen LogP contribution in [0.2, 0.25) is 0 Å². The zero-order valence-electron chi connectivity index (χ0n) is 21.3. The lowest BCUT2D eigenvalue weighted by molar-refractivity contribution is 0.174. The summed E-state index contributed by atoms with van der Waals surface area (Å²) in [7, 11) is -1.30. The number of para-hydroxylation sites is 1. The smallest absolute Gasteiger partial charge is 0.204 e. The summed E-state index contributed by atoms with van der Waals surface area (Å²) in [6.07, 6.45) is 2.28. The van der Waals surface area contributed by atoms with Crippen LogP contribution in [0.25, 0.3) is 17.3 Å². The predicted octanol–water partition coefficient (Wildman–Crippen LogP) is 3.70. The van der Waals surface area contributed by atoms with Crippen LogP contribution >= 0.6 is 0 Å². The summed E-state index contributed by atoms with van der Waals surface area (Å²) in [5.41, 5.74) is -2.00. The van der Waals surface area contributed by atoms with Crippen LogP contribution in [0.15, 0.2) is 47.1 Å². The molecule has 3 aromatic heterocycles. The first-order valence-corrected chi connectivity index (χ1v) is 13.1. The van der Waals surface area contributed by atoms with Crippen LogP contribution in [-0.2, 0) is 21.3 Å². The standard InChI is InChI=1S/C25H25FN6O5S/c1-15-9-10-20(37-15)23-31-30-21(32(23)22-18(35-4)7-6-8-19(22)36-5)14-38(33,34)16(2)25(3,26)24-28-12-17(11-27)13-29-24/h6-10,12-13,16H,14H2,1-5H3/t16-,25-/m1/s1. The molecule has 38 heavy (non-hydrogen) atoms. The molecule has 0 saturated heterocycles. The fraction of sp³-hybridized carbons (Fsp3) is 0.320. The number of hydrogen-bond acceptors (Lipinski definition) is 10. The van der Waals surface area contributed by atoms with Gasteiger partial charge in [-0.1, -0.05) is 6.07 Å². The lowest BCUT2D eigenvalue weighted by atomic mass is 10.0. The summed E-state index contributed by atoms with van der Waals surface area (Å²) >= 11 is 0. The highest BCUT2D eigenvalue weighted by molar-refractivity contribution is 7.91. The fourth-order valence-electron chi connectivity index (χ4n) is 3.87. The van der Waals surface area contributed by atoms with Gasteiger partial charge in [-0.15, -0.1) is 10.2 Å². The topological polar surface area (TPSA) is 146 Å². The predicted molar refractivity (Wildman–Crippen MR) is 134 cm³/mol. The van der Waals surface area contributed by atoms with Gasteiger partial charge in [0.15, 0.2) is 32.9 Å². The monoisotopic (exact) mass is 540 g/mol. The van der Waals surface area contributed by atoms with Crippen molar-refractivity contribution < 1.29 is 26.7 Å². The summed E-state index contributed by atoms with van der Waals surface area (Å²) in [6, 6.07) is 10.3. The molecule has 0 N–H and O–H groups in total. The highest BCUT2D eigenvalue weighted by atomic mass is 32.2. The summed E-state index contributed by atoms with van der Waals surface area (Å²) in [5, 5.41) is 15.7. The molecule has 0 fully saturated rings. The molecule has 198 valence electrons. The molecule has 0 bridgehead atoms. The fourth-order valence-corrected chi connectivity index (χ4v) is 5.45. The summed E-state index contributed by atoms with van der Waals surface area (Å²) in [6.45, 7) is 4.08. The van der Waals surface area contributed by atoms with Crippen molar-refractivity contribution in [3.63, 3.8) is 0 Å². The Morgan fingerprint density at radius 2 is 1.76 bits per heavy atom. The third kappa shape index (κ3) is 4.82. The molecule has 0 unspecified atom stereocenters. The maximum absolute atomic E-state index is 15.9. The quantitative estimate of drug-likeness (QED) is 0.308. The highest BCUT2D eigenvalue weighted by Gasteiger charge is 2.44. The van der Waals surface area contributed by atoms with Gasteiger partial charge in [-0.3, -0.25) is 4.57 Å². The minimum Gasteiger partial charge on any atom is -0.494 e. The van der Waals surface area contributed by atoms with Crippen molar-refractivity contribution >= 4 is 9.84 Å². The Morgan fingerprint density at radius 3 is 2.29 bits per heavy atom. The maximum atomic E-state index is 15.9. The Kier molecular flexibility index (Phi) is 7.19. The van der Waals surface area contributed by atoms with Gasteiger partial charge in [-0.2, -0.15) is 5.26 Å². The molecule has 0 aliphatic rings. The Hall–Kier alpha value is -4.31. The van der Waals surface area contributed by atoms with Gasteiger partial charge < -0.3 is 13.9 Å². The second-order valence-corrected chi connectivity index (χ2v) is 11.0. The normalized spacial score (nSPS) is 13.9. The number of nitrogens with zero attached hydrogens (tertiary/aromatic N) is 6. The highest BCUT2D eigenvalue weighted by Crippen LogP contribution is 2.38. The van der Waals surface area contributed by atoms with Gasteiger partial charge in [0.05, 0.1) is 19.8 Å². The van der Waals surface area contributed by atoms with Crippen LogP contribution in [0, 0.1) is 18.3 Å². The van der Waals surface area contributed by atoms with Crippen molar-refractivity contribution in [1.29, 1.82) is 5.26 Å². The Morgan fingerprint density at radius 1 is 1.13 bits per heavy atom. The molecule has 1 aromatic carbocycles. The largest absolute Gasteiger partial charge is 0.494 e. The molecule has 0 aliphatic heterocycles. The van der Waals surface area contributed by atoms with E-state index in [-0.39, 0.29) is 23.0 Å². The number of nitriles is 1. The number of ether oxygens (including phenoxy) is 2. The number of aryl methyl sites for hydroxylation is 1. The Balaban J connectivity index is 1.83. The number of methoxy groups -OCH3 is 2. The number of aromatic nitrogens is 5. The van der Waals surface area contributed by atoms with Gasteiger partial charge in [0.2, 0.25) is 5.82 Å². The molecule has 13 heteroatoms. The molecule has 0 saturated carbocycles. The molecule has 0 spiro atoms. The van der Waals surface area contributed by atoms with Gasteiger partial charge in [0, 0.05) is 12.4 Å². The average Bonchev–Trinajstić information content (AvgIpc) is 3.52. The molecule has 4 rings (SSSR count). The van der Waals surface area contributed by atoms with E-state index in [1.165, 1.54) is 25.7 Å². The average molecular weight is 541 g/mol. The summed E-state index contributed by atoms with van der Waals surface area (Å²) in [4.78, 5) is 7.74. The number of rotatable bonds is 9. The maximum Gasteiger partial charge on any atom is 0.204 e. The van der Waals surface area contributed by atoms with E-state index in [9.17, 15) is 8.42 Å². The Bertz CT molecular complexity index is 1580. The molecule has 0 radical (unpaired) electrons. The molecule has 4 aromatic rings. The SMILES string of the molecule is COc1cccc(OC)c1-n1c(CS(=O)(=O)[C@H](C)[C@@](C)(F)c2ncc(C#N)cn2)nnc1-c1ccc(C)o1. The molecular weight excluding hydrogens is 515 g/mol. The van der Waals surface area contributed by atoms with Crippen LogP contribution in [0.4, 0.5) is 4.39 Å². The first kappa shape index (κ1) is 26.7. The van der Waals surface area contributed by atoms with Crippen molar-refractivity contribution in [2.75, 3.05) is 14.2 Å². The van der Waals surface area contributed by atoms with Crippen molar-refractivity contribution in [3.05, 3.63) is 65.7 Å². The minimum atomic E-state index is -4.22. The third-order valence-electron chi connectivity index (χ3n) is 6.17. The molecule has 2 atom stereocenters. The van der Waals surface area contributed by atoms with Gasteiger partial charge >= 0.3 is 0 Å². The number of hydrogen-bond donors (Lipinski definition) is 0. The van der Waals surface area contributed by atoms with Crippen molar-refractivity contribution in [2.24, 2.45) is 0 Å². The Labute approximate surface area is 218 Å². The second-order valence-electron chi connectivity index (χ2n) is 8.63. The summed E-state index contributed by atoms with van der Waals surface area (Å²) in [5.74, 6) is 0.826.